The van der Waals surface area contributed by atoms with Crippen LogP contribution in [0.2, 0.25) is 0 Å². The SMILES string of the molecule is CCCC1CC1NCc1nc(C(C)(C)C)cs1. The van der Waals surface area contributed by atoms with Crippen molar-refractivity contribution in [2.75, 3.05) is 0 Å². The molecule has 1 N–H and O–H groups in total. The molecule has 1 fully saturated rings. The lowest BCUT2D eigenvalue weighted by molar-refractivity contribution is 0.564. The summed E-state index contributed by atoms with van der Waals surface area (Å²) in [4.78, 5) is 4.71. The van der Waals surface area contributed by atoms with E-state index in [1.807, 2.05) is 0 Å². The fourth-order valence-corrected chi connectivity index (χ4v) is 3.11. The van der Waals surface area contributed by atoms with Gasteiger partial charge in [0.1, 0.15) is 5.01 Å². The summed E-state index contributed by atoms with van der Waals surface area (Å²) in [6.07, 6.45) is 4.06. The van der Waals surface area contributed by atoms with Crippen LogP contribution in [0.15, 0.2) is 5.38 Å². The maximum absolute atomic E-state index is 4.71. The lowest BCUT2D eigenvalue weighted by Gasteiger charge is -2.14. The van der Waals surface area contributed by atoms with Gasteiger partial charge in [0.05, 0.1) is 5.69 Å². The van der Waals surface area contributed by atoms with Gasteiger partial charge in [0.25, 0.3) is 0 Å². The highest BCUT2D eigenvalue weighted by atomic mass is 32.1. The average Bonchev–Trinajstić information content (AvgIpc) is 2.78. The predicted octanol–water partition coefficient (Wildman–Crippen LogP) is 3.72. The standard InChI is InChI=1S/C14H24N2S/c1-5-6-10-7-11(10)15-8-13-16-12(9-17-13)14(2,3)4/h9-11,15H,5-8H2,1-4H3. The first-order chi connectivity index (χ1) is 8.00. The summed E-state index contributed by atoms with van der Waals surface area (Å²) in [5.41, 5.74) is 1.40. The van der Waals surface area contributed by atoms with E-state index in [0.29, 0.717) is 0 Å². The molecule has 0 bridgehead atoms. The van der Waals surface area contributed by atoms with E-state index in [4.69, 9.17) is 4.98 Å². The number of hydrogen-bond acceptors (Lipinski definition) is 3. The normalized spacial score (nSPS) is 24.0. The highest BCUT2D eigenvalue weighted by molar-refractivity contribution is 7.09. The number of rotatable bonds is 5. The summed E-state index contributed by atoms with van der Waals surface area (Å²) in [5.74, 6) is 0.932. The lowest BCUT2D eigenvalue weighted by atomic mass is 9.93. The summed E-state index contributed by atoms with van der Waals surface area (Å²) >= 11 is 1.79. The zero-order valence-electron chi connectivity index (χ0n) is 11.4. The Morgan fingerprint density at radius 3 is 2.82 bits per heavy atom. The van der Waals surface area contributed by atoms with Gasteiger partial charge in [-0.15, -0.1) is 11.3 Å². The summed E-state index contributed by atoms with van der Waals surface area (Å²) < 4.78 is 0. The third-order valence-corrected chi connectivity index (χ3v) is 4.27. The molecule has 96 valence electrons. The first-order valence-corrected chi connectivity index (χ1v) is 7.57. The maximum atomic E-state index is 4.71. The molecule has 0 saturated heterocycles. The van der Waals surface area contributed by atoms with Gasteiger partial charge in [0.2, 0.25) is 0 Å². The molecule has 0 aromatic carbocycles. The molecular weight excluding hydrogens is 228 g/mol. The highest BCUT2D eigenvalue weighted by Crippen LogP contribution is 2.35. The second-order valence-corrected chi connectivity index (χ2v) is 7.09. The Morgan fingerprint density at radius 1 is 1.47 bits per heavy atom. The summed E-state index contributed by atoms with van der Waals surface area (Å²) in [5, 5.41) is 7.06. The maximum Gasteiger partial charge on any atom is 0.107 e. The van der Waals surface area contributed by atoms with Gasteiger partial charge in [-0.1, -0.05) is 34.1 Å². The molecule has 17 heavy (non-hydrogen) atoms. The van der Waals surface area contributed by atoms with Gasteiger partial charge in [-0.05, 0) is 18.8 Å². The van der Waals surface area contributed by atoms with E-state index in [9.17, 15) is 0 Å². The molecular formula is C14H24N2S. The minimum absolute atomic E-state index is 0.180. The Balaban J connectivity index is 1.79. The molecule has 1 aromatic rings. The van der Waals surface area contributed by atoms with Gasteiger partial charge in [0.15, 0.2) is 0 Å². The van der Waals surface area contributed by atoms with Crippen molar-refractivity contribution in [1.29, 1.82) is 0 Å². The Bertz CT molecular complexity index is 365. The van der Waals surface area contributed by atoms with Crippen LogP contribution in [0.1, 0.15) is 57.7 Å². The first kappa shape index (κ1) is 13.0. The number of nitrogens with one attached hydrogen (secondary N) is 1. The van der Waals surface area contributed by atoms with Crippen molar-refractivity contribution < 1.29 is 0 Å². The molecule has 1 aliphatic rings. The average molecular weight is 252 g/mol. The zero-order chi connectivity index (χ0) is 12.5. The minimum Gasteiger partial charge on any atom is -0.307 e. The number of aromatic nitrogens is 1. The summed E-state index contributed by atoms with van der Waals surface area (Å²) in [6, 6.07) is 0.761. The largest absolute Gasteiger partial charge is 0.307 e. The van der Waals surface area contributed by atoms with E-state index in [-0.39, 0.29) is 5.41 Å². The lowest BCUT2D eigenvalue weighted by Crippen LogP contribution is -2.18. The monoisotopic (exact) mass is 252 g/mol. The van der Waals surface area contributed by atoms with Crippen LogP contribution in [0.4, 0.5) is 0 Å². The molecule has 2 unspecified atom stereocenters. The smallest absolute Gasteiger partial charge is 0.107 e. The summed E-state index contributed by atoms with van der Waals surface area (Å²) in [7, 11) is 0. The molecule has 3 heteroatoms. The van der Waals surface area contributed by atoms with Gasteiger partial charge in [-0.2, -0.15) is 0 Å². The highest BCUT2D eigenvalue weighted by Gasteiger charge is 2.35. The van der Waals surface area contributed by atoms with Crippen LogP contribution in [-0.2, 0) is 12.0 Å². The van der Waals surface area contributed by atoms with Crippen LogP contribution in [0.5, 0.6) is 0 Å². The van der Waals surface area contributed by atoms with Crippen LogP contribution in [0.3, 0.4) is 0 Å². The molecule has 1 aliphatic carbocycles. The molecule has 1 saturated carbocycles. The Labute approximate surface area is 109 Å². The number of hydrogen-bond donors (Lipinski definition) is 1. The van der Waals surface area contributed by atoms with Crippen molar-refractivity contribution in [3.8, 4) is 0 Å². The van der Waals surface area contributed by atoms with E-state index in [2.05, 4.69) is 38.4 Å². The van der Waals surface area contributed by atoms with Gasteiger partial charge >= 0.3 is 0 Å². The van der Waals surface area contributed by atoms with Gasteiger partial charge in [-0.25, -0.2) is 4.98 Å². The van der Waals surface area contributed by atoms with E-state index < -0.39 is 0 Å². The molecule has 0 amide bonds. The Morgan fingerprint density at radius 2 is 2.24 bits per heavy atom. The second-order valence-electron chi connectivity index (χ2n) is 6.15. The van der Waals surface area contributed by atoms with Crippen LogP contribution < -0.4 is 5.32 Å². The van der Waals surface area contributed by atoms with E-state index in [1.54, 1.807) is 11.3 Å². The topological polar surface area (TPSA) is 24.9 Å². The fourth-order valence-electron chi connectivity index (χ4n) is 2.14. The molecule has 0 aliphatic heterocycles. The fraction of sp³-hybridized carbons (Fsp3) is 0.786. The van der Waals surface area contributed by atoms with Crippen LogP contribution in [0, 0.1) is 5.92 Å². The van der Waals surface area contributed by atoms with Gasteiger partial charge < -0.3 is 5.32 Å². The van der Waals surface area contributed by atoms with E-state index in [1.165, 1.54) is 30.0 Å². The molecule has 2 rings (SSSR count). The van der Waals surface area contributed by atoms with Crippen molar-refractivity contribution in [2.24, 2.45) is 5.92 Å². The minimum atomic E-state index is 0.180. The third kappa shape index (κ3) is 3.52. The quantitative estimate of drug-likeness (QED) is 0.864. The third-order valence-electron chi connectivity index (χ3n) is 3.42. The van der Waals surface area contributed by atoms with Gasteiger partial charge in [0, 0.05) is 23.4 Å². The van der Waals surface area contributed by atoms with E-state index in [0.717, 1.165) is 18.5 Å². The molecule has 2 atom stereocenters. The molecule has 1 heterocycles. The van der Waals surface area contributed by atoms with Crippen LogP contribution in [0.25, 0.3) is 0 Å². The van der Waals surface area contributed by atoms with E-state index >= 15 is 0 Å². The van der Waals surface area contributed by atoms with Crippen LogP contribution in [-0.4, -0.2) is 11.0 Å². The van der Waals surface area contributed by atoms with Crippen LogP contribution >= 0.6 is 11.3 Å². The second kappa shape index (κ2) is 5.07. The Kier molecular flexibility index (Phi) is 3.88. The molecule has 0 radical (unpaired) electrons. The van der Waals surface area contributed by atoms with Crippen molar-refractivity contribution in [1.82, 2.24) is 10.3 Å². The summed E-state index contributed by atoms with van der Waals surface area (Å²) in [6.45, 7) is 9.88. The van der Waals surface area contributed by atoms with Crippen molar-refractivity contribution in [3.05, 3.63) is 16.1 Å². The molecule has 0 spiro atoms. The zero-order valence-corrected chi connectivity index (χ0v) is 12.2. The Hall–Kier alpha value is -0.410. The number of thiazole rings is 1. The molecule has 2 nitrogen and oxygen atoms in total. The predicted molar refractivity (Wildman–Crippen MR) is 74.5 cm³/mol. The van der Waals surface area contributed by atoms with Crippen molar-refractivity contribution in [3.63, 3.8) is 0 Å². The van der Waals surface area contributed by atoms with Crippen molar-refractivity contribution in [2.45, 2.75) is 65.0 Å². The molecule has 1 aromatic heterocycles. The number of nitrogens with zero attached hydrogens (tertiary/aromatic N) is 1. The van der Waals surface area contributed by atoms with Gasteiger partial charge in [-0.3, -0.25) is 0 Å². The first-order valence-electron chi connectivity index (χ1n) is 6.69. The van der Waals surface area contributed by atoms with Crippen molar-refractivity contribution >= 4 is 11.3 Å².